The summed E-state index contributed by atoms with van der Waals surface area (Å²) in [5.41, 5.74) is 1.53. The van der Waals surface area contributed by atoms with E-state index in [9.17, 15) is 4.79 Å². The van der Waals surface area contributed by atoms with Crippen LogP contribution in [0.4, 0.5) is 0 Å². The molecule has 4 heteroatoms. The summed E-state index contributed by atoms with van der Waals surface area (Å²) < 4.78 is 10.6. The average molecular weight is 265 g/mol. The topological polar surface area (TPSA) is 47.6 Å². The van der Waals surface area contributed by atoms with Gasteiger partial charge in [0.05, 0.1) is 13.2 Å². The summed E-state index contributed by atoms with van der Waals surface area (Å²) in [5, 5.41) is 2.90. The molecule has 0 aliphatic heterocycles. The lowest BCUT2D eigenvalue weighted by Crippen LogP contribution is -2.27. The second-order valence-corrected chi connectivity index (χ2v) is 4.79. The smallest absolute Gasteiger partial charge is 0.251 e. The van der Waals surface area contributed by atoms with Crippen LogP contribution in [0.2, 0.25) is 0 Å². The van der Waals surface area contributed by atoms with E-state index in [0.717, 1.165) is 11.3 Å². The van der Waals surface area contributed by atoms with Crippen molar-refractivity contribution in [2.45, 2.75) is 27.4 Å². The van der Waals surface area contributed by atoms with Gasteiger partial charge < -0.3 is 14.8 Å². The average Bonchev–Trinajstić information content (AvgIpc) is 2.38. The first-order valence-electron chi connectivity index (χ1n) is 6.61. The normalized spacial score (nSPS) is 10.6. The molecule has 0 saturated heterocycles. The Hall–Kier alpha value is -1.55. The zero-order valence-electron chi connectivity index (χ0n) is 12.2. The molecule has 0 atom stereocenters. The number of amides is 1. The maximum absolute atomic E-state index is 12.0. The fourth-order valence-corrected chi connectivity index (χ4v) is 1.68. The van der Waals surface area contributed by atoms with Gasteiger partial charge in [0.15, 0.2) is 0 Å². The van der Waals surface area contributed by atoms with E-state index in [1.54, 1.807) is 13.2 Å². The van der Waals surface area contributed by atoms with E-state index < -0.39 is 0 Å². The molecule has 0 aliphatic rings. The Kier molecular flexibility index (Phi) is 6.36. The SMILES string of the molecule is CCOc1ccc(C(=O)NCC(C)C)cc1COC. The van der Waals surface area contributed by atoms with Gasteiger partial charge in [-0.15, -0.1) is 0 Å². The summed E-state index contributed by atoms with van der Waals surface area (Å²) in [4.78, 5) is 12.0. The molecule has 1 rings (SSSR count). The number of ether oxygens (including phenoxy) is 2. The molecule has 0 bridgehead atoms. The van der Waals surface area contributed by atoms with Gasteiger partial charge >= 0.3 is 0 Å². The van der Waals surface area contributed by atoms with Gasteiger partial charge in [-0.05, 0) is 31.0 Å². The Balaban J connectivity index is 2.84. The van der Waals surface area contributed by atoms with Crippen LogP contribution in [0, 0.1) is 5.92 Å². The van der Waals surface area contributed by atoms with Gasteiger partial charge in [0.2, 0.25) is 0 Å². The number of carbonyl (C=O) groups excluding carboxylic acids is 1. The minimum atomic E-state index is -0.0610. The van der Waals surface area contributed by atoms with E-state index in [2.05, 4.69) is 19.2 Å². The van der Waals surface area contributed by atoms with E-state index in [-0.39, 0.29) is 5.91 Å². The van der Waals surface area contributed by atoms with Crippen molar-refractivity contribution >= 4 is 5.91 Å². The van der Waals surface area contributed by atoms with Crippen molar-refractivity contribution in [1.82, 2.24) is 5.32 Å². The number of methoxy groups -OCH3 is 1. The fraction of sp³-hybridized carbons (Fsp3) is 0.533. The van der Waals surface area contributed by atoms with Crippen LogP contribution in [0.3, 0.4) is 0 Å². The first-order chi connectivity index (χ1) is 9.08. The minimum absolute atomic E-state index is 0.0610. The second-order valence-electron chi connectivity index (χ2n) is 4.79. The Morgan fingerprint density at radius 2 is 2.11 bits per heavy atom. The van der Waals surface area contributed by atoms with Gasteiger partial charge in [0.1, 0.15) is 5.75 Å². The number of benzene rings is 1. The summed E-state index contributed by atoms with van der Waals surface area (Å²) in [6, 6.07) is 5.42. The Bertz CT molecular complexity index is 416. The van der Waals surface area contributed by atoms with Crippen LogP contribution in [0.25, 0.3) is 0 Å². The molecule has 106 valence electrons. The summed E-state index contributed by atoms with van der Waals surface area (Å²) in [6.07, 6.45) is 0. The highest BCUT2D eigenvalue weighted by atomic mass is 16.5. The molecular formula is C15H23NO3. The molecule has 1 aromatic carbocycles. The van der Waals surface area contributed by atoms with Crippen LogP contribution < -0.4 is 10.1 Å². The van der Waals surface area contributed by atoms with Gasteiger partial charge in [0.25, 0.3) is 5.91 Å². The lowest BCUT2D eigenvalue weighted by molar-refractivity contribution is 0.0948. The zero-order valence-corrected chi connectivity index (χ0v) is 12.2. The van der Waals surface area contributed by atoms with E-state index in [4.69, 9.17) is 9.47 Å². The van der Waals surface area contributed by atoms with Crippen molar-refractivity contribution in [2.24, 2.45) is 5.92 Å². The molecule has 0 radical (unpaired) electrons. The summed E-state index contributed by atoms with van der Waals surface area (Å²) >= 11 is 0. The minimum Gasteiger partial charge on any atom is -0.494 e. The standard InChI is InChI=1S/C15H23NO3/c1-5-19-14-7-6-12(8-13(14)10-18-4)15(17)16-9-11(2)3/h6-8,11H,5,9-10H2,1-4H3,(H,16,17). The van der Waals surface area contributed by atoms with Crippen molar-refractivity contribution in [2.75, 3.05) is 20.3 Å². The van der Waals surface area contributed by atoms with Gasteiger partial charge in [-0.1, -0.05) is 13.8 Å². The van der Waals surface area contributed by atoms with Crippen LogP contribution in [0.5, 0.6) is 5.75 Å². The Labute approximate surface area is 115 Å². The van der Waals surface area contributed by atoms with Crippen molar-refractivity contribution in [3.05, 3.63) is 29.3 Å². The van der Waals surface area contributed by atoms with Gasteiger partial charge in [-0.2, -0.15) is 0 Å². The highest BCUT2D eigenvalue weighted by molar-refractivity contribution is 5.94. The molecule has 0 fully saturated rings. The van der Waals surface area contributed by atoms with Crippen molar-refractivity contribution in [1.29, 1.82) is 0 Å². The van der Waals surface area contributed by atoms with E-state index in [1.807, 2.05) is 19.1 Å². The molecule has 0 aromatic heterocycles. The zero-order chi connectivity index (χ0) is 14.3. The molecule has 0 heterocycles. The van der Waals surface area contributed by atoms with E-state index >= 15 is 0 Å². The van der Waals surface area contributed by atoms with Gasteiger partial charge in [-0.25, -0.2) is 0 Å². The van der Waals surface area contributed by atoms with E-state index in [1.165, 1.54) is 0 Å². The summed E-state index contributed by atoms with van der Waals surface area (Å²) in [5.74, 6) is 1.14. The number of nitrogens with one attached hydrogen (secondary N) is 1. The fourth-order valence-electron chi connectivity index (χ4n) is 1.68. The van der Waals surface area contributed by atoms with Gasteiger partial charge in [0, 0.05) is 24.8 Å². The highest BCUT2D eigenvalue weighted by Gasteiger charge is 2.10. The summed E-state index contributed by atoms with van der Waals surface area (Å²) in [7, 11) is 1.63. The van der Waals surface area contributed by atoms with Crippen molar-refractivity contribution < 1.29 is 14.3 Å². The highest BCUT2D eigenvalue weighted by Crippen LogP contribution is 2.21. The van der Waals surface area contributed by atoms with E-state index in [0.29, 0.717) is 31.2 Å². The Morgan fingerprint density at radius 3 is 2.68 bits per heavy atom. The number of rotatable bonds is 7. The van der Waals surface area contributed by atoms with Crippen LogP contribution in [0.1, 0.15) is 36.7 Å². The molecule has 0 aliphatic carbocycles. The quantitative estimate of drug-likeness (QED) is 0.824. The molecule has 0 spiro atoms. The maximum atomic E-state index is 12.0. The summed E-state index contributed by atoms with van der Waals surface area (Å²) in [6.45, 7) is 7.76. The first kappa shape index (κ1) is 15.5. The third-order valence-electron chi connectivity index (χ3n) is 2.59. The molecule has 0 saturated carbocycles. The van der Waals surface area contributed by atoms with Crippen molar-refractivity contribution in [3.63, 3.8) is 0 Å². The third kappa shape index (κ3) is 4.91. The Morgan fingerprint density at radius 1 is 1.37 bits per heavy atom. The van der Waals surface area contributed by atoms with Crippen LogP contribution in [-0.4, -0.2) is 26.2 Å². The predicted octanol–water partition coefficient (Wildman–Crippen LogP) is 2.62. The molecule has 4 nitrogen and oxygen atoms in total. The molecule has 1 aromatic rings. The largest absolute Gasteiger partial charge is 0.494 e. The lowest BCUT2D eigenvalue weighted by Gasteiger charge is -2.12. The van der Waals surface area contributed by atoms with Gasteiger partial charge in [-0.3, -0.25) is 4.79 Å². The maximum Gasteiger partial charge on any atom is 0.251 e. The monoisotopic (exact) mass is 265 g/mol. The molecular weight excluding hydrogens is 242 g/mol. The van der Waals surface area contributed by atoms with Crippen LogP contribution >= 0.6 is 0 Å². The molecule has 0 unspecified atom stereocenters. The van der Waals surface area contributed by atoms with Crippen LogP contribution in [-0.2, 0) is 11.3 Å². The van der Waals surface area contributed by atoms with Crippen molar-refractivity contribution in [3.8, 4) is 5.75 Å². The number of hydrogen-bond donors (Lipinski definition) is 1. The first-order valence-corrected chi connectivity index (χ1v) is 6.61. The number of hydrogen-bond acceptors (Lipinski definition) is 3. The third-order valence-corrected chi connectivity index (χ3v) is 2.59. The lowest BCUT2D eigenvalue weighted by atomic mass is 10.1. The number of carbonyl (C=O) groups is 1. The molecule has 1 N–H and O–H groups in total. The molecule has 19 heavy (non-hydrogen) atoms. The molecule has 1 amide bonds. The van der Waals surface area contributed by atoms with Crippen LogP contribution in [0.15, 0.2) is 18.2 Å². The second kappa shape index (κ2) is 7.79. The predicted molar refractivity (Wildman–Crippen MR) is 75.5 cm³/mol.